The minimum absolute atomic E-state index is 0.0968. The first-order valence-electron chi connectivity index (χ1n) is 6.35. The summed E-state index contributed by atoms with van der Waals surface area (Å²) in [6.45, 7) is 0.711. The molecule has 20 heavy (non-hydrogen) atoms. The maximum absolute atomic E-state index is 11.7. The van der Waals surface area contributed by atoms with E-state index >= 15 is 0 Å². The third kappa shape index (κ3) is 5.57. The molecule has 0 radical (unpaired) electrons. The van der Waals surface area contributed by atoms with Gasteiger partial charge < -0.3 is 5.32 Å². The molecule has 0 bridgehead atoms. The summed E-state index contributed by atoms with van der Waals surface area (Å²) >= 11 is 9.26. The Balaban J connectivity index is 1.57. The molecule has 0 aliphatic heterocycles. The molecule has 0 saturated heterocycles. The van der Waals surface area contributed by atoms with Crippen molar-refractivity contribution in [1.82, 2.24) is 5.32 Å². The number of carbonyl (C=O) groups is 1. The van der Waals surface area contributed by atoms with Gasteiger partial charge in [0.25, 0.3) is 0 Å². The molecule has 0 aliphatic rings. The summed E-state index contributed by atoms with van der Waals surface area (Å²) in [6, 6.07) is 11.8. The van der Waals surface area contributed by atoms with Gasteiger partial charge in [-0.25, -0.2) is 0 Å². The summed E-state index contributed by atoms with van der Waals surface area (Å²) in [6.07, 6.45) is 0.486. The molecule has 0 aliphatic carbocycles. The van der Waals surface area contributed by atoms with E-state index in [1.165, 1.54) is 5.56 Å². The Morgan fingerprint density at radius 2 is 2.05 bits per heavy atom. The number of hydrogen-bond acceptors (Lipinski definition) is 3. The van der Waals surface area contributed by atoms with Gasteiger partial charge in [-0.3, -0.25) is 4.79 Å². The van der Waals surface area contributed by atoms with Gasteiger partial charge in [-0.1, -0.05) is 29.8 Å². The number of hydrogen-bond donors (Lipinski definition) is 1. The molecule has 1 aromatic heterocycles. The van der Waals surface area contributed by atoms with E-state index in [2.05, 4.69) is 5.32 Å². The molecule has 106 valence electrons. The van der Waals surface area contributed by atoms with E-state index in [4.69, 9.17) is 11.6 Å². The average molecular weight is 326 g/mol. The minimum Gasteiger partial charge on any atom is -0.355 e. The van der Waals surface area contributed by atoms with Crippen molar-refractivity contribution in [3.8, 4) is 0 Å². The van der Waals surface area contributed by atoms with E-state index in [9.17, 15) is 4.79 Å². The second-order valence-electron chi connectivity index (χ2n) is 4.29. The largest absolute Gasteiger partial charge is 0.355 e. The van der Waals surface area contributed by atoms with Crippen molar-refractivity contribution in [2.45, 2.75) is 12.2 Å². The van der Waals surface area contributed by atoms with Gasteiger partial charge in [0.1, 0.15) is 0 Å². The summed E-state index contributed by atoms with van der Waals surface area (Å²) in [5, 5.41) is 5.70. The number of benzene rings is 1. The van der Waals surface area contributed by atoms with Crippen LogP contribution in [0.15, 0.2) is 41.8 Å². The van der Waals surface area contributed by atoms with Crippen LogP contribution in [0.3, 0.4) is 0 Å². The molecular formula is C15H16ClNOS2. The van der Waals surface area contributed by atoms with Crippen molar-refractivity contribution in [2.75, 3.05) is 12.3 Å². The van der Waals surface area contributed by atoms with Gasteiger partial charge in [-0.05, 0) is 29.1 Å². The highest BCUT2D eigenvalue weighted by atomic mass is 35.5. The monoisotopic (exact) mass is 325 g/mol. The number of thiophene rings is 1. The highest BCUT2D eigenvalue weighted by Gasteiger charge is 2.03. The van der Waals surface area contributed by atoms with Crippen LogP contribution < -0.4 is 5.32 Å². The number of nitrogens with one attached hydrogen (secondary N) is 1. The van der Waals surface area contributed by atoms with E-state index < -0.39 is 0 Å². The first kappa shape index (κ1) is 15.4. The fourth-order valence-electron chi connectivity index (χ4n) is 1.67. The molecule has 0 unspecified atom stereocenters. The van der Waals surface area contributed by atoms with Gasteiger partial charge in [0.2, 0.25) is 5.91 Å². The molecule has 0 atom stereocenters. The third-order valence-corrected chi connectivity index (χ3v) is 4.82. The average Bonchev–Trinajstić information content (AvgIpc) is 2.93. The second kappa shape index (κ2) is 8.35. The first-order chi connectivity index (χ1) is 9.74. The van der Waals surface area contributed by atoms with Crippen molar-refractivity contribution in [2.24, 2.45) is 0 Å². The Morgan fingerprint density at radius 3 is 2.75 bits per heavy atom. The Labute approximate surface area is 132 Å². The van der Waals surface area contributed by atoms with Crippen LogP contribution in [0.25, 0.3) is 0 Å². The lowest BCUT2D eigenvalue weighted by atomic mass is 10.2. The van der Waals surface area contributed by atoms with E-state index in [0.717, 1.165) is 21.4 Å². The van der Waals surface area contributed by atoms with E-state index in [-0.39, 0.29) is 5.91 Å². The van der Waals surface area contributed by atoms with Gasteiger partial charge in [-0.15, -0.1) is 11.3 Å². The molecule has 1 aromatic carbocycles. The molecule has 1 amide bonds. The maximum Gasteiger partial charge on any atom is 0.225 e. The van der Waals surface area contributed by atoms with E-state index in [0.29, 0.717) is 13.0 Å². The lowest BCUT2D eigenvalue weighted by Crippen LogP contribution is -2.27. The fraction of sp³-hybridized carbons (Fsp3) is 0.267. The summed E-state index contributed by atoms with van der Waals surface area (Å²) in [4.78, 5) is 12.8. The highest BCUT2D eigenvalue weighted by molar-refractivity contribution is 7.98. The van der Waals surface area contributed by atoms with Gasteiger partial charge >= 0.3 is 0 Å². The molecule has 0 saturated carbocycles. The van der Waals surface area contributed by atoms with Crippen LogP contribution in [0.4, 0.5) is 0 Å². The lowest BCUT2D eigenvalue weighted by Gasteiger charge is -2.05. The zero-order chi connectivity index (χ0) is 14.2. The van der Waals surface area contributed by atoms with Crippen molar-refractivity contribution in [3.63, 3.8) is 0 Å². The molecule has 1 N–H and O–H groups in total. The Hall–Kier alpha value is -0.970. The topological polar surface area (TPSA) is 29.1 Å². The quantitative estimate of drug-likeness (QED) is 0.780. The fourth-order valence-corrected chi connectivity index (χ4v) is 3.32. The van der Waals surface area contributed by atoms with Crippen molar-refractivity contribution in [1.29, 1.82) is 0 Å². The van der Waals surface area contributed by atoms with Crippen LogP contribution in [-0.4, -0.2) is 18.2 Å². The first-order valence-corrected chi connectivity index (χ1v) is 8.76. The van der Waals surface area contributed by atoms with Crippen LogP contribution in [0.1, 0.15) is 10.4 Å². The summed E-state index contributed by atoms with van der Waals surface area (Å²) < 4.78 is 0. The molecule has 2 nitrogen and oxygen atoms in total. The van der Waals surface area contributed by atoms with Crippen LogP contribution in [-0.2, 0) is 17.0 Å². The molecule has 5 heteroatoms. The molecule has 2 rings (SSSR count). The summed E-state index contributed by atoms with van der Waals surface area (Å²) in [5.41, 5.74) is 1.25. The number of rotatable bonds is 7. The van der Waals surface area contributed by atoms with Gasteiger partial charge in [-0.2, -0.15) is 11.8 Å². The third-order valence-electron chi connectivity index (χ3n) is 2.67. The van der Waals surface area contributed by atoms with Crippen molar-refractivity contribution >= 4 is 40.6 Å². The molecule has 0 fully saturated rings. The smallest absolute Gasteiger partial charge is 0.225 e. The van der Waals surface area contributed by atoms with Crippen molar-refractivity contribution in [3.05, 3.63) is 57.2 Å². The number of halogens is 1. The van der Waals surface area contributed by atoms with Crippen LogP contribution in [0.5, 0.6) is 0 Å². The van der Waals surface area contributed by atoms with Gasteiger partial charge in [0, 0.05) is 28.0 Å². The molecule has 1 heterocycles. The minimum atomic E-state index is 0.0968. The normalized spacial score (nSPS) is 10.4. The number of amides is 1. The number of carbonyl (C=O) groups excluding carboxylic acids is 1. The molecule has 0 spiro atoms. The van der Waals surface area contributed by atoms with E-state index in [1.54, 1.807) is 23.1 Å². The molecular weight excluding hydrogens is 310 g/mol. The van der Waals surface area contributed by atoms with Crippen LogP contribution >= 0.6 is 34.7 Å². The number of thioether (sulfide) groups is 1. The van der Waals surface area contributed by atoms with Crippen LogP contribution in [0, 0.1) is 0 Å². The zero-order valence-electron chi connectivity index (χ0n) is 11.0. The predicted octanol–water partition coefficient (Wildman–Crippen LogP) is 3.99. The Bertz CT molecular complexity index is 525. The second-order valence-corrected chi connectivity index (χ2v) is 6.86. The van der Waals surface area contributed by atoms with Crippen molar-refractivity contribution < 1.29 is 4.79 Å². The standard InChI is InChI=1S/C15H16ClNOS2/c16-13-5-3-12(4-6-13)11-19-9-7-17-15(18)10-14-2-1-8-20-14/h1-6,8H,7,9-11H2,(H,17,18). The predicted molar refractivity (Wildman–Crippen MR) is 88.6 cm³/mol. The zero-order valence-corrected chi connectivity index (χ0v) is 13.4. The lowest BCUT2D eigenvalue weighted by molar-refractivity contribution is -0.120. The highest BCUT2D eigenvalue weighted by Crippen LogP contribution is 2.15. The Kier molecular flexibility index (Phi) is 6.43. The maximum atomic E-state index is 11.7. The van der Waals surface area contributed by atoms with E-state index in [1.807, 2.05) is 41.8 Å². The summed E-state index contributed by atoms with van der Waals surface area (Å²) in [5.74, 6) is 1.95. The van der Waals surface area contributed by atoms with Gasteiger partial charge in [0.05, 0.1) is 6.42 Å². The van der Waals surface area contributed by atoms with Gasteiger partial charge in [0.15, 0.2) is 0 Å². The SMILES string of the molecule is O=C(Cc1cccs1)NCCSCc1ccc(Cl)cc1. The molecule has 2 aromatic rings. The summed E-state index contributed by atoms with van der Waals surface area (Å²) in [7, 11) is 0. The Morgan fingerprint density at radius 1 is 1.25 bits per heavy atom. The van der Waals surface area contributed by atoms with Crippen LogP contribution in [0.2, 0.25) is 5.02 Å².